The second-order valence-electron chi connectivity index (χ2n) is 11.3. The molecule has 0 spiro atoms. The highest BCUT2D eigenvalue weighted by Crippen LogP contribution is 2.31. The summed E-state index contributed by atoms with van der Waals surface area (Å²) in [5.41, 5.74) is 4.17. The van der Waals surface area contributed by atoms with Gasteiger partial charge in [-0.15, -0.1) is 0 Å². The maximum atomic E-state index is 10.6. The fourth-order valence-electron chi connectivity index (χ4n) is 5.26. The van der Waals surface area contributed by atoms with E-state index in [4.69, 9.17) is 29.1 Å². The predicted molar refractivity (Wildman–Crippen MR) is 168 cm³/mol. The number of hydrogen-bond donors (Lipinski definition) is 2. The highest BCUT2D eigenvalue weighted by atomic mass is 19.4. The summed E-state index contributed by atoms with van der Waals surface area (Å²) in [6.07, 6.45) is 2.03. The van der Waals surface area contributed by atoms with Gasteiger partial charge in [-0.25, -0.2) is 19.3 Å². The van der Waals surface area contributed by atoms with Crippen LogP contribution in [0.3, 0.4) is 0 Å². The minimum Gasteiger partial charge on any atom is -0.489 e. The van der Waals surface area contributed by atoms with Gasteiger partial charge in [-0.2, -0.15) is 23.5 Å². The number of methoxy groups -OCH3 is 1. The van der Waals surface area contributed by atoms with Gasteiger partial charge >= 0.3 is 12.1 Å². The first-order valence-electron chi connectivity index (χ1n) is 15.2. The number of rotatable bonds is 8. The maximum absolute atomic E-state index is 10.6. The molecule has 254 valence electrons. The van der Waals surface area contributed by atoms with Crippen molar-refractivity contribution in [1.82, 2.24) is 29.8 Å². The van der Waals surface area contributed by atoms with E-state index in [1.165, 1.54) is 5.56 Å². The molecule has 16 heteroatoms. The van der Waals surface area contributed by atoms with Gasteiger partial charge < -0.3 is 29.5 Å². The molecule has 0 aromatic carbocycles. The number of pyridine rings is 3. The monoisotopic (exact) mass is 668 g/mol. The topological polar surface area (TPSA) is 150 Å². The number of morpholine rings is 1. The van der Waals surface area contributed by atoms with Crippen LogP contribution in [0.15, 0.2) is 55.1 Å². The quantitative estimate of drug-likeness (QED) is 0.283. The first-order valence-corrected chi connectivity index (χ1v) is 15.2. The van der Waals surface area contributed by atoms with Crippen molar-refractivity contribution >= 4 is 17.3 Å². The number of piperazine rings is 1. The zero-order valence-electron chi connectivity index (χ0n) is 26.4. The van der Waals surface area contributed by atoms with Gasteiger partial charge in [0.2, 0.25) is 5.88 Å². The number of fused-ring (bicyclic) bond motifs is 1. The van der Waals surface area contributed by atoms with Crippen LogP contribution in [-0.2, 0) is 16.1 Å². The number of halogens is 3. The van der Waals surface area contributed by atoms with Crippen LogP contribution in [0, 0.1) is 11.3 Å². The molecule has 2 saturated heterocycles. The predicted octanol–water partition coefficient (Wildman–Crippen LogP) is 3.38. The Bertz CT molecular complexity index is 1710. The van der Waals surface area contributed by atoms with Gasteiger partial charge in [0, 0.05) is 74.9 Å². The molecule has 2 atom stereocenters. The van der Waals surface area contributed by atoms with E-state index in [9.17, 15) is 18.4 Å². The van der Waals surface area contributed by atoms with E-state index in [1.54, 1.807) is 17.8 Å². The van der Waals surface area contributed by atoms with Crippen molar-refractivity contribution < 1.29 is 37.3 Å². The average molecular weight is 669 g/mol. The normalized spacial score (nSPS) is 18.5. The summed E-state index contributed by atoms with van der Waals surface area (Å²) in [6, 6.07) is 12.6. The maximum Gasteiger partial charge on any atom is 0.490 e. The van der Waals surface area contributed by atoms with Crippen LogP contribution in [0.4, 0.5) is 19.0 Å². The van der Waals surface area contributed by atoms with E-state index in [0.29, 0.717) is 36.4 Å². The Balaban J connectivity index is 0.000000582. The molecule has 2 aliphatic rings. The number of carbonyl (C=O) groups is 1. The summed E-state index contributed by atoms with van der Waals surface area (Å²) in [7, 11) is 1.63. The summed E-state index contributed by atoms with van der Waals surface area (Å²) in [4.78, 5) is 22.8. The van der Waals surface area contributed by atoms with E-state index in [0.717, 1.165) is 61.7 Å². The molecule has 48 heavy (non-hydrogen) atoms. The largest absolute Gasteiger partial charge is 0.490 e. The summed E-state index contributed by atoms with van der Waals surface area (Å²) < 4.78 is 50.6. The third-order valence-electron chi connectivity index (χ3n) is 7.83. The lowest BCUT2D eigenvalue weighted by atomic mass is 10.1. The van der Waals surface area contributed by atoms with Gasteiger partial charge in [0.1, 0.15) is 30.3 Å². The number of carboxylic acids is 1. The number of alkyl halides is 3. The lowest BCUT2D eigenvalue weighted by molar-refractivity contribution is -0.192. The molecule has 0 aliphatic carbocycles. The second kappa shape index (κ2) is 15.3. The standard InChI is InChI=1S/C30H34N8O3.C2HF3O2/c1-21-19-40-26(16-32-21)20-41-25-11-27(30-24(12-31)15-35-38(30)18-25)23-4-5-28(33-14-23)37-9-7-36(8-10-37)17-22-3-6-29(39-2)34-13-22;3-2(4,5)1(6)7/h3-6,11,13-15,18,21,26,32H,7-10,16-17,19-20H2,1-2H3;(H,6,7)/t21-,26+;/m1./s1. The van der Waals surface area contributed by atoms with Crippen LogP contribution in [0.5, 0.6) is 11.6 Å². The van der Waals surface area contributed by atoms with Crippen molar-refractivity contribution in [2.24, 2.45) is 0 Å². The molecular formula is C32H35F3N8O5. The second-order valence-corrected chi connectivity index (χ2v) is 11.3. The molecule has 2 aliphatic heterocycles. The Hall–Kier alpha value is -4.98. The number of hydrogen-bond acceptors (Lipinski definition) is 11. The number of anilines is 1. The van der Waals surface area contributed by atoms with Crippen molar-refractivity contribution in [2.75, 3.05) is 57.9 Å². The molecule has 13 nitrogen and oxygen atoms in total. The van der Waals surface area contributed by atoms with Crippen LogP contribution in [-0.4, -0.2) is 107 Å². The van der Waals surface area contributed by atoms with Crippen molar-refractivity contribution in [3.8, 4) is 28.8 Å². The molecule has 0 bridgehead atoms. The fourth-order valence-corrected chi connectivity index (χ4v) is 5.26. The molecule has 4 aromatic heterocycles. The summed E-state index contributed by atoms with van der Waals surface area (Å²) in [5.74, 6) is -0.526. The third-order valence-corrected chi connectivity index (χ3v) is 7.83. The lowest BCUT2D eigenvalue weighted by Crippen LogP contribution is -2.46. The first-order chi connectivity index (χ1) is 23.0. The Morgan fingerprint density at radius 1 is 1.15 bits per heavy atom. The van der Waals surface area contributed by atoms with Gasteiger partial charge in [0.05, 0.1) is 37.2 Å². The van der Waals surface area contributed by atoms with E-state index in [2.05, 4.69) is 50.3 Å². The number of aliphatic carboxylic acids is 1. The van der Waals surface area contributed by atoms with Crippen LogP contribution in [0.1, 0.15) is 18.1 Å². The zero-order chi connectivity index (χ0) is 34.3. The first kappa shape index (κ1) is 34.4. The summed E-state index contributed by atoms with van der Waals surface area (Å²) >= 11 is 0. The number of nitriles is 1. The molecule has 2 N–H and O–H groups in total. The smallest absolute Gasteiger partial charge is 0.489 e. The van der Waals surface area contributed by atoms with E-state index in [-0.39, 0.29) is 6.10 Å². The highest BCUT2D eigenvalue weighted by Gasteiger charge is 2.38. The number of carboxylic acid groups (broad SMARTS) is 1. The van der Waals surface area contributed by atoms with Gasteiger partial charge in [-0.1, -0.05) is 6.07 Å². The zero-order valence-corrected chi connectivity index (χ0v) is 26.4. The Morgan fingerprint density at radius 2 is 1.92 bits per heavy atom. The van der Waals surface area contributed by atoms with Crippen LogP contribution in [0.25, 0.3) is 16.6 Å². The summed E-state index contributed by atoms with van der Waals surface area (Å²) in [5, 5.41) is 24.7. The minimum absolute atomic E-state index is 0.0214. The van der Waals surface area contributed by atoms with Gasteiger partial charge in [0.15, 0.2) is 0 Å². The lowest BCUT2D eigenvalue weighted by Gasteiger charge is -2.35. The molecular weight excluding hydrogens is 633 g/mol. The molecule has 0 unspecified atom stereocenters. The number of nitrogens with zero attached hydrogens (tertiary/aromatic N) is 7. The van der Waals surface area contributed by atoms with Gasteiger partial charge in [0.25, 0.3) is 0 Å². The van der Waals surface area contributed by atoms with Crippen LogP contribution < -0.4 is 19.7 Å². The summed E-state index contributed by atoms with van der Waals surface area (Å²) in [6.45, 7) is 8.46. The molecule has 4 aromatic rings. The van der Waals surface area contributed by atoms with Gasteiger partial charge in [-0.05, 0) is 30.7 Å². The van der Waals surface area contributed by atoms with E-state index in [1.807, 2.05) is 36.8 Å². The van der Waals surface area contributed by atoms with Crippen molar-refractivity contribution in [1.29, 1.82) is 5.26 Å². The van der Waals surface area contributed by atoms with Crippen molar-refractivity contribution in [2.45, 2.75) is 31.8 Å². The molecule has 2 fully saturated rings. The van der Waals surface area contributed by atoms with Crippen LogP contribution in [0.2, 0.25) is 0 Å². The molecule has 6 heterocycles. The average Bonchev–Trinajstić information content (AvgIpc) is 3.51. The van der Waals surface area contributed by atoms with E-state index < -0.39 is 12.1 Å². The van der Waals surface area contributed by atoms with Crippen molar-refractivity contribution in [3.63, 3.8) is 0 Å². The Kier molecular flexibility index (Phi) is 10.9. The Labute approximate surface area is 274 Å². The Morgan fingerprint density at radius 3 is 2.50 bits per heavy atom. The molecule has 6 rings (SSSR count). The third kappa shape index (κ3) is 8.68. The number of nitrogens with one attached hydrogen (secondary N) is 1. The molecule has 0 radical (unpaired) electrons. The number of ether oxygens (including phenoxy) is 3. The van der Waals surface area contributed by atoms with Crippen molar-refractivity contribution in [3.05, 3.63) is 66.2 Å². The molecule has 0 amide bonds. The fraction of sp³-hybridized carbons (Fsp3) is 0.406. The van der Waals surface area contributed by atoms with Crippen LogP contribution >= 0.6 is 0 Å². The van der Waals surface area contributed by atoms with Gasteiger partial charge in [-0.3, -0.25) is 4.90 Å². The molecule has 0 saturated carbocycles. The highest BCUT2D eigenvalue weighted by molar-refractivity contribution is 5.85. The minimum atomic E-state index is -5.08. The van der Waals surface area contributed by atoms with E-state index >= 15 is 0 Å². The number of aromatic nitrogens is 4. The SMILES string of the molecule is COc1ccc(CN2CCN(c3ccc(-c4cc(OC[C@@H]5CN[C@H](C)CO5)cn5ncc(C#N)c45)cn3)CC2)cn1.O=C(O)C(F)(F)F.